The molecule has 7 heteroatoms. The average Bonchev–Trinajstić information content (AvgIpc) is 3.39. The van der Waals surface area contributed by atoms with Crippen molar-refractivity contribution in [1.29, 1.82) is 0 Å². The van der Waals surface area contributed by atoms with Gasteiger partial charge in [-0.05, 0) is 42.5 Å². The van der Waals surface area contributed by atoms with Gasteiger partial charge in [0, 0.05) is 31.1 Å². The zero-order valence-corrected chi connectivity index (χ0v) is 17.5. The average molecular weight is 426 g/mol. The second kappa shape index (κ2) is 8.28. The number of halogens is 1. The van der Waals surface area contributed by atoms with Gasteiger partial charge in [0.1, 0.15) is 5.75 Å². The molecule has 6 nitrogen and oxygen atoms in total. The summed E-state index contributed by atoms with van der Waals surface area (Å²) in [5.41, 5.74) is 3.04. The normalized spacial score (nSPS) is 17.1. The van der Waals surface area contributed by atoms with Gasteiger partial charge in [0.05, 0.1) is 18.2 Å². The molecule has 0 bridgehead atoms. The lowest BCUT2D eigenvalue weighted by atomic mass is 10.0. The van der Waals surface area contributed by atoms with Gasteiger partial charge in [0.2, 0.25) is 0 Å². The van der Waals surface area contributed by atoms with Crippen LogP contribution in [0.4, 0.5) is 0 Å². The molecule has 0 saturated carbocycles. The van der Waals surface area contributed by atoms with Crippen molar-refractivity contribution < 1.29 is 9.15 Å². The Labute approximate surface area is 180 Å². The zero-order chi connectivity index (χ0) is 20.5. The number of rotatable bonds is 5. The van der Waals surface area contributed by atoms with Crippen molar-refractivity contribution in [3.63, 3.8) is 0 Å². The molecule has 1 saturated heterocycles. The zero-order valence-electron chi connectivity index (χ0n) is 16.7. The highest BCUT2D eigenvalue weighted by atomic mass is 35.5. The minimum atomic E-state index is -0.417. The summed E-state index contributed by atoms with van der Waals surface area (Å²) in [7, 11) is 0. The van der Waals surface area contributed by atoms with Crippen molar-refractivity contribution in [1.82, 2.24) is 14.7 Å². The van der Waals surface area contributed by atoms with Crippen LogP contribution in [0, 0.1) is 0 Å². The number of piperidine rings is 1. The highest BCUT2D eigenvalue weighted by Gasteiger charge is 2.27. The lowest BCUT2D eigenvalue weighted by Crippen LogP contribution is -2.38. The molecule has 0 radical (unpaired) electrons. The summed E-state index contributed by atoms with van der Waals surface area (Å²) in [4.78, 5) is 15.0. The van der Waals surface area contributed by atoms with Gasteiger partial charge in [-0.15, -0.1) is 5.10 Å². The highest BCUT2D eigenvalue weighted by Crippen LogP contribution is 2.38. The maximum absolute atomic E-state index is 12.5. The van der Waals surface area contributed by atoms with Gasteiger partial charge in [-0.1, -0.05) is 41.9 Å². The largest absolute Gasteiger partial charge is 0.492 e. The summed E-state index contributed by atoms with van der Waals surface area (Å²) in [6.45, 7) is 3.53. The molecule has 156 valence electrons. The third kappa shape index (κ3) is 3.89. The van der Waals surface area contributed by atoms with Gasteiger partial charge in [-0.3, -0.25) is 0 Å². The van der Waals surface area contributed by atoms with Crippen molar-refractivity contribution in [2.75, 3.05) is 26.2 Å². The van der Waals surface area contributed by atoms with Gasteiger partial charge in [-0.25, -0.2) is 4.79 Å². The van der Waals surface area contributed by atoms with Gasteiger partial charge in [0.25, 0.3) is 5.89 Å². The Morgan fingerprint density at radius 1 is 1.13 bits per heavy atom. The van der Waals surface area contributed by atoms with Crippen LogP contribution in [0.2, 0.25) is 5.02 Å². The van der Waals surface area contributed by atoms with Crippen LogP contribution in [0.3, 0.4) is 0 Å². The first-order valence-electron chi connectivity index (χ1n) is 10.5. The second-order valence-electron chi connectivity index (χ2n) is 7.97. The van der Waals surface area contributed by atoms with Crippen molar-refractivity contribution in [3.8, 4) is 17.2 Å². The summed E-state index contributed by atoms with van der Waals surface area (Å²) >= 11 is 6.25. The predicted octanol–water partition coefficient (Wildman–Crippen LogP) is 3.97. The van der Waals surface area contributed by atoms with E-state index in [-0.39, 0.29) is 11.9 Å². The number of aromatic nitrogens is 2. The predicted molar refractivity (Wildman–Crippen MR) is 115 cm³/mol. The van der Waals surface area contributed by atoms with Gasteiger partial charge >= 0.3 is 5.76 Å². The van der Waals surface area contributed by atoms with Gasteiger partial charge < -0.3 is 14.1 Å². The quantitative estimate of drug-likeness (QED) is 0.619. The highest BCUT2D eigenvalue weighted by molar-refractivity contribution is 6.31. The monoisotopic (exact) mass is 425 g/mol. The standard InChI is InChI=1S/C23H24ClN3O3/c24-18-14-17-9-13-29-21(17)20(15-18)22-25-27(23(28)30-22)19-7-11-26(12-8-19)10-6-16-4-2-1-3-5-16/h1-5,14-15,19H,6-13H2. The minimum Gasteiger partial charge on any atom is -0.492 e. The van der Waals surface area contributed by atoms with E-state index in [2.05, 4.69) is 34.3 Å². The molecule has 0 unspecified atom stereocenters. The molecule has 0 aliphatic carbocycles. The molecule has 2 aliphatic heterocycles. The van der Waals surface area contributed by atoms with Crippen LogP contribution in [-0.2, 0) is 12.8 Å². The number of fused-ring (bicyclic) bond motifs is 1. The van der Waals surface area contributed by atoms with Crippen LogP contribution >= 0.6 is 11.6 Å². The first-order valence-corrected chi connectivity index (χ1v) is 10.9. The topological polar surface area (TPSA) is 60.5 Å². The molecule has 2 aliphatic rings. The summed E-state index contributed by atoms with van der Waals surface area (Å²) in [6, 6.07) is 14.2. The van der Waals surface area contributed by atoms with Crippen LogP contribution in [0.25, 0.3) is 11.5 Å². The van der Waals surface area contributed by atoms with Gasteiger partial charge in [-0.2, -0.15) is 4.68 Å². The van der Waals surface area contributed by atoms with E-state index in [4.69, 9.17) is 20.8 Å². The Kier molecular flexibility index (Phi) is 5.35. The molecule has 0 spiro atoms. The van der Waals surface area contributed by atoms with E-state index < -0.39 is 5.76 Å². The van der Waals surface area contributed by atoms with Crippen LogP contribution in [0.5, 0.6) is 5.75 Å². The van der Waals surface area contributed by atoms with Crippen LogP contribution in [0.15, 0.2) is 51.7 Å². The van der Waals surface area contributed by atoms with Crippen LogP contribution in [-0.4, -0.2) is 40.9 Å². The first-order chi connectivity index (χ1) is 14.7. The van der Waals surface area contributed by atoms with E-state index in [1.54, 1.807) is 6.07 Å². The third-order valence-corrected chi connectivity index (χ3v) is 6.23. The summed E-state index contributed by atoms with van der Waals surface area (Å²) in [6.07, 6.45) is 3.60. The van der Waals surface area contributed by atoms with E-state index in [0.717, 1.165) is 56.6 Å². The SMILES string of the molecule is O=c1oc(-c2cc(Cl)cc3c2OCC3)nn1C1CCN(CCc2ccccc2)CC1. The van der Waals surface area contributed by atoms with Crippen molar-refractivity contribution in [3.05, 3.63) is 69.2 Å². The molecule has 1 aromatic heterocycles. The molecule has 0 amide bonds. The number of hydrogen-bond donors (Lipinski definition) is 0. The van der Waals surface area contributed by atoms with Gasteiger partial charge in [0.15, 0.2) is 0 Å². The van der Waals surface area contributed by atoms with E-state index in [1.165, 1.54) is 10.2 Å². The van der Waals surface area contributed by atoms with E-state index in [0.29, 0.717) is 17.2 Å². The fourth-order valence-electron chi connectivity index (χ4n) is 4.38. The fourth-order valence-corrected chi connectivity index (χ4v) is 4.62. The Morgan fingerprint density at radius 3 is 2.73 bits per heavy atom. The number of benzene rings is 2. The van der Waals surface area contributed by atoms with Crippen molar-refractivity contribution in [2.45, 2.75) is 31.7 Å². The van der Waals surface area contributed by atoms with E-state index in [1.807, 2.05) is 12.1 Å². The summed E-state index contributed by atoms with van der Waals surface area (Å²) in [5, 5.41) is 5.12. The van der Waals surface area contributed by atoms with Crippen molar-refractivity contribution >= 4 is 11.6 Å². The Bertz CT molecular complexity index is 1080. The molecule has 5 rings (SSSR count). The second-order valence-corrected chi connectivity index (χ2v) is 8.40. The summed E-state index contributed by atoms with van der Waals surface area (Å²) < 4.78 is 12.8. The van der Waals surface area contributed by atoms with Crippen LogP contribution < -0.4 is 10.5 Å². The Morgan fingerprint density at radius 2 is 1.93 bits per heavy atom. The maximum atomic E-state index is 12.5. The Hall–Kier alpha value is -2.57. The van der Waals surface area contributed by atoms with Crippen molar-refractivity contribution in [2.24, 2.45) is 0 Å². The molecular formula is C23H24ClN3O3. The lowest BCUT2D eigenvalue weighted by Gasteiger charge is -2.31. The maximum Gasteiger partial charge on any atom is 0.437 e. The molecule has 1 fully saturated rings. The molecule has 0 N–H and O–H groups in total. The number of likely N-dealkylation sites (tertiary alicyclic amines) is 1. The lowest BCUT2D eigenvalue weighted by molar-refractivity contribution is 0.177. The smallest absolute Gasteiger partial charge is 0.437 e. The third-order valence-electron chi connectivity index (χ3n) is 6.01. The molecular weight excluding hydrogens is 402 g/mol. The molecule has 0 atom stereocenters. The molecule has 30 heavy (non-hydrogen) atoms. The van der Waals surface area contributed by atoms with Crippen LogP contribution in [0.1, 0.15) is 30.0 Å². The minimum absolute atomic E-state index is 0.0520. The number of hydrogen-bond acceptors (Lipinski definition) is 5. The first kappa shape index (κ1) is 19.4. The fraction of sp³-hybridized carbons (Fsp3) is 0.391. The molecule has 3 heterocycles. The molecule has 2 aromatic carbocycles. The van der Waals surface area contributed by atoms with E-state index in [9.17, 15) is 4.79 Å². The Balaban J connectivity index is 1.27. The molecule has 3 aromatic rings. The number of ether oxygens (including phenoxy) is 1. The number of nitrogens with zero attached hydrogens (tertiary/aromatic N) is 3. The summed E-state index contributed by atoms with van der Waals surface area (Å²) in [5.74, 6) is 0.593. The van der Waals surface area contributed by atoms with E-state index >= 15 is 0 Å².